The number of aliphatic carboxylic acids is 1. The highest BCUT2D eigenvalue weighted by molar-refractivity contribution is 7.84. The van der Waals surface area contributed by atoms with Gasteiger partial charge in [0.25, 0.3) is 0 Å². The third-order valence-corrected chi connectivity index (χ3v) is 5.24. The van der Waals surface area contributed by atoms with Crippen LogP contribution in [-0.2, 0) is 21.3 Å². The third-order valence-electron chi connectivity index (χ3n) is 3.68. The summed E-state index contributed by atoms with van der Waals surface area (Å²) in [6.07, 6.45) is 1.72. The number of nitrogens with zero attached hydrogens (tertiary/aromatic N) is 1. The lowest BCUT2D eigenvalue weighted by molar-refractivity contribution is -0.138. The lowest BCUT2D eigenvalue weighted by atomic mass is 10.1. The van der Waals surface area contributed by atoms with Crippen LogP contribution in [0.3, 0.4) is 0 Å². The van der Waals surface area contributed by atoms with Crippen molar-refractivity contribution in [2.45, 2.75) is 25.0 Å². The topological polar surface area (TPSA) is 87.4 Å². The first-order chi connectivity index (χ1) is 9.98. The van der Waals surface area contributed by atoms with Gasteiger partial charge < -0.3 is 9.84 Å². The molecular formula is C15H17NO4S. The first-order valence-corrected chi connectivity index (χ1v) is 8.11. The summed E-state index contributed by atoms with van der Waals surface area (Å²) in [5.41, 5.74) is 0.923. The van der Waals surface area contributed by atoms with Crippen LogP contribution >= 0.6 is 0 Å². The first kappa shape index (κ1) is 15.5. The van der Waals surface area contributed by atoms with E-state index in [-0.39, 0.29) is 17.6 Å². The molecular weight excluding hydrogens is 290 g/mol. The summed E-state index contributed by atoms with van der Waals surface area (Å²) in [5.74, 6) is 0.429. The van der Waals surface area contributed by atoms with E-state index < -0.39 is 16.8 Å². The molecule has 6 heteroatoms. The number of hydrogen-bond donors (Lipinski definition) is 1. The molecule has 1 aromatic carbocycles. The predicted octanol–water partition coefficient (Wildman–Crippen LogP) is 2.07. The first-order valence-electron chi connectivity index (χ1n) is 6.62. The number of methoxy groups -OCH3 is 1. The molecule has 1 saturated carbocycles. The van der Waals surface area contributed by atoms with Crippen molar-refractivity contribution in [3.63, 3.8) is 0 Å². The van der Waals surface area contributed by atoms with Gasteiger partial charge in [-0.3, -0.25) is 9.00 Å². The van der Waals surface area contributed by atoms with E-state index in [1.54, 1.807) is 18.2 Å². The molecule has 2 rings (SSSR count). The summed E-state index contributed by atoms with van der Waals surface area (Å²) in [4.78, 5) is 10.8. The van der Waals surface area contributed by atoms with Gasteiger partial charge in [0.2, 0.25) is 0 Å². The minimum atomic E-state index is -1.17. The Kier molecular flexibility index (Phi) is 4.63. The molecule has 0 aliphatic heterocycles. The highest BCUT2D eigenvalue weighted by Crippen LogP contribution is 2.49. The second kappa shape index (κ2) is 6.27. The quantitative estimate of drug-likeness (QED) is 0.833. The number of rotatable bonds is 7. The van der Waals surface area contributed by atoms with Crippen molar-refractivity contribution >= 4 is 16.8 Å². The molecule has 0 radical (unpaired) electrons. The van der Waals surface area contributed by atoms with Crippen molar-refractivity contribution in [1.29, 1.82) is 5.26 Å². The number of carboxylic acid groups (broad SMARTS) is 1. The second-order valence-corrected chi connectivity index (χ2v) is 6.89. The van der Waals surface area contributed by atoms with Crippen molar-refractivity contribution in [2.75, 3.05) is 12.9 Å². The molecule has 1 unspecified atom stereocenters. The average Bonchev–Trinajstić information content (AvgIpc) is 3.16. The maximum absolute atomic E-state index is 12.3. The summed E-state index contributed by atoms with van der Waals surface area (Å²) in [7, 11) is 0.359. The molecule has 1 aliphatic carbocycles. The Morgan fingerprint density at radius 1 is 1.52 bits per heavy atom. The molecule has 0 spiro atoms. The Hall–Kier alpha value is -1.87. The van der Waals surface area contributed by atoms with E-state index in [0.717, 1.165) is 18.4 Å². The molecule has 1 aromatic rings. The van der Waals surface area contributed by atoms with Crippen LogP contribution in [0.5, 0.6) is 5.75 Å². The number of nitriles is 1. The predicted molar refractivity (Wildman–Crippen MR) is 78.3 cm³/mol. The number of ether oxygens (including phenoxy) is 1. The van der Waals surface area contributed by atoms with Crippen LogP contribution in [0.2, 0.25) is 0 Å². The zero-order valence-corrected chi connectivity index (χ0v) is 12.6. The average molecular weight is 307 g/mol. The van der Waals surface area contributed by atoms with Gasteiger partial charge in [-0.2, -0.15) is 5.26 Å². The maximum Gasteiger partial charge on any atom is 0.303 e. The van der Waals surface area contributed by atoms with Gasteiger partial charge in [-0.05, 0) is 36.5 Å². The molecule has 1 N–H and O–H groups in total. The molecule has 1 atom stereocenters. The lowest BCUT2D eigenvalue weighted by Crippen LogP contribution is -2.17. The molecule has 0 bridgehead atoms. The number of carboxylic acids is 1. The van der Waals surface area contributed by atoms with Crippen LogP contribution in [-0.4, -0.2) is 28.1 Å². The van der Waals surface area contributed by atoms with Gasteiger partial charge in [0.15, 0.2) is 0 Å². The summed E-state index contributed by atoms with van der Waals surface area (Å²) in [6, 6.07) is 7.06. The normalized spacial score (nSPS) is 16.8. The monoisotopic (exact) mass is 307 g/mol. The molecule has 21 heavy (non-hydrogen) atoms. The number of hydrogen-bond acceptors (Lipinski definition) is 4. The van der Waals surface area contributed by atoms with Crippen LogP contribution in [0, 0.1) is 16.7 Å². The van der Waals surface area contributed by atoms with Crippen LogP contribution in [0.1, 0.15) is 30.4 Å². The van der Waals surface area contributed by atoms with E-state index >= 15 is 0 Å². The van der Waals surface area contributed by atoms with Crippen molar-refractivity contribution in [2.24, 2.45) is 5.41 Å². The molecule has 0 saturated heterocycles. The van der Waals surface area contributed by atoms with Crippen LogP contribution < -0.4 is 4.74 Å². The SMILES string of the molecule is COc1ccc(C#N)cc1CS(=O)CC1(CC(=O)O)CC1. The van der Waals surface area contributed by atoms with Gasteiger partial charge >= 0.3 is 5.97 Å². The zero-order valence-electron chi connectivity index (χ0n) is 11.8. The molecule has 0 aromatic heterocycles. The van der Waals surface area contributed by atoms with E-state index in [1.165, 1.54) is 7.11 Å². The molecule has 0 amide bonds. The minimum Gasteiger partial charge on any atom is -0.496 e. The number of carbonyl (C=O) groups is 1. The Labute approximate surface area is 126 Å². The van der Waals surface area contributed by atoms with Crippen molar-refractivity contribution < 1.29 is 18.8 Å². The van der Waals surface area contributed by atoms with Crippen LogP contribution in [0.4, 0.5) is 0 Å². The Morgan fingerprint density at radius 2 is 2.24 bits per heavy atom. The fourth-order valence-corrected chi connectivity index (χ4v) is 4.14. The Bertz CT molecular complexity index is 617. The molecule has 0 heterocycles. The fourth-order valence-electron chi connectivity index (χ4n) is 2.40. The van der Waals surface area contributed by atoms with Gasteiger partial charge in [-0.1, -0.05) is 0 Å². The summed E-state index contributed by atoms with van der Waals surface area (Å²) >= 11 is 0. The van der Waals surface area contributed by atoms with Crippen molar-refractivity contribution in [3.8, 4) is 11.8 Å². The zero-order chi connectivity index (χ0) is 15.5. The Morgan fingerprint density at radius 3 is 2.76 bits per heavy atom. The van der Waals surface area contributed by atoms with Crippen LogP contribution in [0.25, 0.3) is 0 Å². The van der Waals surface area contributed by atoms with Gasteiger partial charge in [0, 0.05) is 22.1 Å². The summed E-state index contributed by atoms with van der Waals surface area (Å²) in [6.45, 7) is 0. The summed E-state index contributed by atoms with van der Waals surface area (Å²) in [5, 5.41) is 17.8. The fraction of sp³-hybridized carbons (Fsp3) is 0.467. The van der Waals surface area contributed by atoms with Crippen LogP contribution in [0.15, 0.2) is 18.2 Å². The van der Waals surface area contributed by atoms with E-state index in [0.29, 0.717) is 17.1 Å². The maximum atomic E-state index is 12.3. The Balaban J connectivity index is 2.06. The van der Waals surface area contributed by atoms with Gasteiger partial charge in [0.1, 0.15) is 5.75 Å². The summed E-state index contributed by atoms with van der Waals surface area (Å²) < 4.78 is 17.5. The molecule has 5 nitrogen and oxygen atoms in total. The number of benzene rings is 1. The van der Waals surface area contributed by atoms with E-state index in [9.17, 15) is 9.00 Å². The highest BCUT2D eigenvalue weighted by Gasteiger charge is 2.45. The standard InChI is InChI=1S/C15H17NO4S/c1-20-13-3-2-11(8-16)6-12(13)9-21(19)10-15(4-5-15)7-14(17)18/h2-3,6H,4-5,7,9-10H2,1H3,(H,17,18). The largest absolute Gasteiger partial charge is 0.496 e. The third kappa shape index (κ3) is 4.05. The minimum absolute atomic E-state index is 0.0775. The lowest BCUT2D eigenvalue weighted by Gasteiger charge is -2.13. The highest BCUT2D eigenvalue weighted by atomic mass is 32.2. The van der Waals surface area contributed by atoms with E-state index in [4.69, 9.17) is 15.1 Å². The van der Waals surface area contributed by atoms with E-state index in [2.05, 4.69) is 0 Å². The van der Waals surface area contributed by atoms with Crippen molar-refractivity contribution in [1.82, 2.24) is 0 Å². The molecule has 1 aliphatic rings. The van der Waals surface area contributed by atoms with E-state index in [1.807, 2.05) is 6.07 Å². The van der Waals surface area contributed by atoms with Gasteiger partial charge in [-0.25, -0.2) is 0 Å². The molecule has 1 fully saturated rings. The smallest absolute Gasteiger partial charge is 0.303 e. The second-order valence-electron chi connectivity index (χ2n) is 5.44. The van der Waals surface area contributed by atoms with Gasteiger partial charge in [-0.15, -0.1) is 0 Å². The van der Waals surface area contributed by atoms with Gasteiger partial charge in [0.05, 0.1) is 30.9 Å². The van der Waals surface area contributed by atoms with Crippen molar-refractivity contribution in [3.05, 3.63) is 29.3 Å². The molecule has 112 valence electrons.